The van der Waals surface area contributed by atoms with Crippen LogP contribution in [0.5, 0.6) is 5.75 Å². The van der Waals surface area contributed by atoms with E-state index in [-0.39, 0.29) is 5.82 Å². The van der Waals surface area contributed by atoms with Crippen molar-refractivity contribution in [3.63, 3.8) is 0 Å². The maximum absolute atomic E-state index is 13.1. The molecule has 0 spiro atoms. The fraction of sp³-hybridized carbons (Fsp3) is 0.294. The molecular weight excluding hydrogens is 345 g/mol. The molecule has 1 saturated carbocycles. The predicted octanol–water partition coefficient (Wildman–Crippen LogP) is 4.65. The molecule has 1 aliphatic rings. The molecule has 124 valence electrons. The van der Waals surface area contributed by atoms with E-state index in [1.165, 1.54) is 25.0 Å². The van der Waals surface area contributed by atoms with Crippen LogP contribution in [0.4, 0.5) is 4.39 Å². The lowest BCUT2D eigenvalue weighted by Crippen LogP contribution is -2.03. The largest absolute Gasteiger partial charge is 0.493 e. The van der Waals surface area contributed by atoms with Crippen molar-refractivity contribution in [1.82, 2.24) is 14.8 Å². The van der Waals surface area contributed by atoms with E-state index >= 15 is 0 Å². The molecule has 1 fully saturated rings. The SMILES string of the molecule is Fc1cccc(OCCSc2nnc(-c3cccs3)n2C2CC2)c1. The van der Waals surface area contributed by atoms with Gasteiger partial charge in [0.1, 0.15) is 11.6 Å². The topological polar surface area (TPSA) is 39.9 Å². The van der Waals surface area contributed by atoms with Crippen LogP contribution in [-0.2, 0) is 0 Å². The summed E-state index contributed by atoms with van der Waals surface area (Å²) in [6.45, 7) is 0.500. The molecule has 0 unspecified atom stereocenters. The third-order valence-electron chi connectivity index (χ3n) is 3.70. The van der Waals surface area contributed by atoms with Crippen molar-refractivity contribution in [3.05, 3.63) is 47.6 Å². The summed E-state index contributed by atoms with van der Waals surface area (Å²) in [5, 5.41) is 11.7. The van der Waals surface area contributed by atoms with E-state index in [4.69, 9.17) is 4.74 Å². The van der Waals surface area contributed by atoms with Gasteiger partial charge in [0.2, 0.25) is 0 Å². The van der Waals surface area contributed by atoms with Crippen molar-refractivity contribution in [2.24, 2.45) is 0 Å². The third kappa shape index (κ3) is 3.47. The summed E-state index contributed by atoms with van der Waals surface area (Å²) in [6.07, 6.45) is 2.37. The van der Waals surface area contributed by atoms with Crippen LogP contribution < -0.4 is 4.74 Å². The molecule has 2 aromatic heterocycles. The fourth-order valence-electron chi connectivity index (χ4n) is 2.46. The van der Waals surface area contributed by atoms with Gasteiger partial charge in [0.05, 0.1) is 11.5 Å². The van der Waals surface area contributed by atoms with E-state index in [1.807, 2.05) is 6.07 Å². The molecule has 0 radical (unpaired) electrons. The Labute approximate surface area is 147 Å². The number of thioether (sulfide) groups is 1. The van der Waals surface area contributed by atoms with Crippen LogP contribution in [0.25, 0.3) is 10.7 Å². The summed E-state index contributed by atoms with van der Waals surface area (Å²) >= 11 is 3.32. The molecule has 24 heavy (non-hydrogen) atoms. The van der Waals surface area contributed by atoms with Crippen LogP contribution in [0.2, 0.25) is 0 Å². The molecule has 0 atom stereocenters. The van der Waals surface area contributed by atoms with Gasteiger partial charge in [-0.05, 0) is 36.4 Å². The summed E-state index contributed by atoms with van der Waals surface area (Å²) in [5.74, 6) is 1.97. The van der Waals surface area contributed by atoms with Crippen molar-refractivity contribution in [2.75, 3.05) is 12.4 Å². The summed E-state index contributed by atoms with van der Waals surface area (Å²) < 4.78 is 21.0. The molecule has 0 N–H and O–H groups in total. The highest BCUT2D eigenvalue weighted by Gasteiger charge is 2.30. The molecule has 0 aliphatic heterocycles. The quantitative estimate of drug-likeness (QED) is 0.454. The van der Waals surface area contributed by atoms with Crippen LogP contribution in [0.1, 0.15) is 18.9 Å². The molecule has 3 aromatic rings. The molecule has 1 aliphatic carbocycles. The average Bonchev–Trinajstić information content (AvgIpc) is 3.10. The van der Waals surface area contributed by atoms with Crippen molar-refractivity contribution in [2.45, 2.75) is 24.0 Å². The zero-order valence-electron chi connectivity index (χ0n) is 12.9. The van der Waals surface area contributed by atoms with Gasteiger partial charge in [-0.2, -0.15) is 0 Å². The minimum absolute atomic E-state index is 0.283. The first-order valence-electron chi connectivity index (χ1n) is 7.81. The molecule has 7 heteroatoms. The minimum Gasteiger partial charge on any atom is -0.493 e. The average molecular weight is 361 g/mol. The number of thiophene rings is 1. The smallest absolute Gasteiger partial charge is 0.191 e. The van der Waals surface area contributed by atoms with E-state index < -0.39 is 0 Å². The van der Waals surface area contributed by atoms with E-state index in [0.717, 1.165) is 21.6 Å². The lowest BCUT2D eigenvalue weighted by Gasteiger charge is -2.08. The van der Waals surface area contributed by atoms with Gasteiger partial charge in [-0.3, -0.25) is 4.57 Å². The van der Waals surface area contributed by atoms with Crippen LogP contribution in [0, 0.1) is 5.82 Å². The maximum atomic E-state index is 13.1. The Morgan fingerprint density at radius 2 is 2.17 bits per heavy atom. The normalized spacial score (nSPS) is 14.0. The molecule has 4 rings (SSSR count). The Balaban J connectivity index is 1.40. The fourth-order valence-corrected chi connectivity index (χ4v) is 3.99. The molecule has 4 nitrogen and oxygen atoms in total. The Bertz CT molecular complexity index is 815. The summed E-state index contributed by atoms with van der Waals surface area (Å²) in [5.41, 5.74) is 0. The second kappa shape index (κ2) is 6.94. The maximum Gasteiger partial charge on any atom is 0.191 e. The van der Waals surface area contributed by atoms with Gasteiger partial charge in [0.25, 0.3) is 0 Å². The van der Waals surface area contributed by atoms with Gasteiger partial charge < -0.3 is 4.74 Å². The van der Waals surface area contributed by atoms with E-state index in [2.05, 4.69) is 26.2 Å². The Kier molecular flexibility index (Phi) is 4.53. The minimum atomic E-state index is -0.283. The highest BCUT2D eigenvalue weighted by Crippen LogP contribution is 2.41. The van der Waals surface area contributed by atoms with Crippen LogP contribution in [0.3, 0.4) is 0 Å². The second-order valence-electron chi connectivity index (χ2n) is 5.54. The first-order valence-corrected chi connectivity index (χ1v) is 9.68. The second-order valence-corrected chi connectivity index (χ2v) is 7.55. The molecule has 0 bridgehead atoms. The van der Waals surface area contributed by atoms with Gasteiger partial charge >= 0.3 is 0 Å². The summed E-state index contributed by atoms with van der Waals surface area (Å²) in [6, 6.07) is 10.8. The number of hydrogen-bond donors (Lipinski definition) is 0. The molecule has 2 heterocycles. The number of aromatic nitrogens is 3. The van der Waals surface area contributed by atoms with Gasteiger partial charge in [0.15, 0.2) is 11.0 Å². The standard InChI is InChI=1S/C17H16FN3OS2/c18-12-3-1-4-14(11-12)22-8-10-24-17-20-19-16(15-5-2-9-23-15)21(17)13-6-7-13/h1-5,9,11,13H,6-8,10H2. The Morgan fingerprint density at radius 3 is 2.92 bits per heavy atom. The van der Waals surface area contributed by atoms with Gasteiger partial charge in [0, 0.05) is 17.9 Å². The number of rotatable bonds is 7. The first-order chi connectivity index (χ1) is 11.8. The van der Waals surface area contributed by atoms with E-state index in [1.54, 1.807) is 35.2 Å². The summed E-state index contributed by atoms with van der Waals surface area (Å²) in [4.78, 5) is 1.15. The molecule has 1 aromatic carbocycles. The predicted molar refractivity (Wildman–Crippen MR) is 94.2 cm³/mol. The highest BCUT2D eigenvalue weighted by molar-refractivity contribution is 7.99. The van der Waals surface area contributed by atoms with E-state index in [9.17, 15) is 4.39 Å². The molecule has 0 saturated heterocycles. The van der Waals surface area contributed by atoms with Crippen molar-refractivity contribution in [3.8, 4) is 16.5 Å². The highest BCUT2D eigenvalue weighted by atomic mass is 32.2. The van der Waals surface area contributed by atoms with Gasteiger partial charge in [-0.25, -0.2) is 4.39 Å². The zero-order valence-corrected chi connectivity index (χ0v) is 14.5. The first kappa shape index (κ1) is 15.7. The van der Waals surface area contributed by atoms with Crippen molar-refractivity contribution >= 4 is 23.1 Å². The number of ether oxygens (including phenoxy) is 1. The Hall–Kier alpha value is -1.86. The monoisotopic (exact) mass is 361 g/mol. The van der Waals surface area contributed by atoms with Crippen molar-refractivity contribution in [1.29, 1.82) is 0 Å². The molecular formula is C17H16FN3OS2. The van der Waals surface area contributed by atoms with Crippen LogP contribution >= 0.6 is 23.1 Å². The lowest BCUT2D eigenvalue weighted by atomic mass is 10.3. The molecule has 0 amide bonds. The van der Waals surface area contributed by atoms with Crippen LogP contribution in [0.15, 0.2) is 46.9 Å². The van der Waals surface area contributed by atoms with E-state index in [0.29, 0.717) is 18.4 Å². The number of benzene rings is 1. The zero-order chi connectivity index (χ0) is 16.4. The van der Waals surface area contributed by atoms with Gasteiger partial charge in [-0.1, -0.05) is 23.9 Å². The van der Waals surface area contributed by atoms with Gasteiger partial charge in [-0.15, -0.1) is 21.5 Å². The third-order valence-corrected chi connectivity index (χ3v) is 5.47. The Morgan fingerprint density at radius 1 is 1.25 bits per heavy atom. The van der Waals surface area contributed by atoms with Crippen molar-refractivity contribution < 1.29 is 9.13 Å². The number of hydrogen-bond acceptors (Lipinski definition) is 5. The number of halogens is 1. The van der Waals surface area contributed by atoms with Crippen LogP contribution in [-0.4, -0.2) is 27.1 Å². The lowest BCUT2D eigenvalue weighted by molar-refractivity contribution is 0.341. The number of nitrogens with zero attached hydrogens (tertiary/aromatic N) is 3. The summed E-state index contributed by atoms with van der Waals surface area (Å²) in [7, 11) is 0.